The molecule has 1 aromatic heterocycles. The Morgan fingerprint density at radius 1 is 1.19 bits per heavy atom. The number of para-hydroxylation sites is 1. The molecule has 1 atom stereocenters. The maximum Gasteiger partial charge on any atom is 0.425 e. The lowest BCUT2D eigenvalue weighted by atomic mass is 9.92. The molecule has 1 fully saturated rings. The molecule has 0 spiro atoms. The summed E-state index contributed by atoms with van der Waals surface area (Å²) in [6, 6.07) is 7.89. The van der Waals surface area contributed by atoms with Crippen molar-refractivity contribution in [3.8, 4) is 5.69 Å². The summed E-state index contributed by atoms with van der Waals surface area (Å²) >= 11 is 5.11. The van der Waals surface area contributed by atoms with Gasteiger partial charge in [0.25, 0.3) is 11.5 Å². The van der Waals surface area contributed by atoms with Crippen LogP contribution in [-0.2, 0) is 19.9 Å². The van der Waals surface area contributed by atoms with Crippen molar-refractivity contribution in [2.75, 3.05) is 18.4 Å². The number of amides is 3. The molecule has 1 saturated heterocycles. The summed E-state index contributed by atoms with van der Waals surface area (Å²) in [7, 11) is 0. The predicted molar refractivity (Wildman–Crippen MR) is 108 cm³/mol. The number of nitrogens with zero attached hydrogens (tertiary/aromatic N) is 2. The standard InChI is InChI=1S/C19H16F3N5O4S/c20-19(21,22)18(25-11(28)9-26-8-4-7-12(26)29)13-14(23-16(18)31)27(17(32)24-15(13)30)10-5-2-1-3-6-10/h1-3,5-6H,4,7-9H2,(H,23,31)(H,25,28)(H,24,30,32)/t18-/m0/s1. The number of benzene rings is 1. The van der Waals surface area contributed by atoms with Gasteiger partial charge in [-0.15, -0.1) is 0 Å². The van der Waals surface area contributed by atoms with Crippen LogP contribution in [0.5, 0.6) is 0 Å². The van der Waals surface area contributed by atoms with Crippen LogP contribution in [0.25, 0.3) is 5.69 Å². The number of hydrogen-bond donors (Lipinski definition) is 3. The minimum atomic E-state index is -5.38. The molecule has 32 heavy (non-hydrogen) atoms. The van der Waals surface area contributed by atoms with E-state index < -0.39 is 47.0 Å². The Morgan fingerprint density at radius 2 is 1.88 bits per heavy atom. The van der Waals surface area contributed by atoms with Crippen LogP contribution in [0.1, 0.15) is 18.4 Å². The fourth-order valence-electron chi connectivity index (χ4n) is 3.89. The molecule has 2 aromatic rings. The average molecular weight is 467 g/mol. The lowest BCUT2D eigenvalue weighted by Crippen LogP contribution is -2.63. The number of carbonyl (C=O) groups is 3. The van der Waals surface area contributed by atoms with E-state index in [0.29, 0.717) is 6.42 Å². The lowest BCUT2D eigenvalue weighted by molar-refractivity contribution is -0.200. The molecule has 168 valence electrons. The summed E-state index contributed by atoms with van der Waals surface area (Å²) in [6.45, 7) is -0.461. The number of aromatic nitrogens is 2. The number of halogens is 3. The molecular weight excluding hydrogens is 451 g/mol. The maximum atomic E-state index is 14.4. The SMILES string of the molecule is O=C(CN1CCCC1=O)N[C@]1(C(F)(F)F)C(=O)Nc2c1c(=O)[nH]c(=S)n2-c1ccccc1. The second-order valence-corrected chi connectivity index (χ2v) is 7.71. The first-order valence-electron chi connectivity index (χ1n) is 9.48. The molecule has 3 N–H and O–H groups in total. The molecule has 1 aromatic carbocycles. The van der Waals surface area contributed by atoms with Crippen LogP contribution >= 0.6 is 12.2 Å². The summed E-state index contributed by atoms with van der Waals surface area (Å²) in [6.07, 6.45) is -4.73. The zero-order valence-electron chi connectivity index (χ0n) is 16.3. The summed E-state index contributed by atoms with van der Waals surface area (Å²) in [5.41, 5.74) is -5.67. The van der Waals surface area contributed by atoms with E-state index in [1.807, 2.05) is 0 Å². The second-order valence-electron chi connectivity index (χ2n) is 7.32. The molecule has 0 bridgehead atoms. The monoisotopic (exact) mass is 467 g/mol. The highest BCUT2D eigenvalue weighted by Gasteiger charge is 2.68. The molecular formula is C19H16F3N5O4S. The van der Waals surface area contributed by atoms with Gasteiger partial charge in [0.2, 0.25) is 17.4 Å². The van der Waals surface area contributed by atoms with Crippen molar-refractivity contribution in [1.29, 1.82) is 0 Å². The smallest absolute Gasteiger partial charge is 0.333 e. The van der Waals surface area contributed by atoms with E-state index in [2.05, 4.69) is 10.3 Å². The molecule has 0 aliphatic carbocycles. The highest BCUT2D eigenvalue weighted by atomic mass is 32.1. The summed E-state index contributed by atoms with van der Waals surface area (Å²) in [5, 5.41) is 3.76. The molecule has 2 aliphatic rings. The molecule has 4 rings (SSSR count). The largest absolute Gasteiger partial charge is 0.425 e. The number of likely N-dealkylation sites (tertiary alicyclic amines) is 1. The van der Waals surface area contributed by atoms with Crippen molar-refractivity contribution < 1.29 is 27.6 Å². The molecule has 9 nitrogen and oxygen atoms in total. The lowest BCUT2D eigenvalue weighted by Gasteiger charge is -2.30. The third-order valence-electron chi connectivity index (χ3n) is 5.33. The fraction of sp³-hybridized carbons (Fsp3) is 0.316. The van der Waals surface area contributed by atoms with Gasteiger partial charge in [0.1, 0.15) is 11.4 Å². The number of alkyl halides is 3. The Morgan fingerprint density at radius 3 is 2.47 bits per heavy atom. The molecule has 0 saturated carbocycles. The summed E-state index contributed by atoms with van der Waals surface area (Å²) in [4.78, 5) is 52.9. The fourth-order valence-corrected chi connectivity index (χ4v) is 4.18. The maximum absolute atomic E-state index is 14.4. The minimum Gasteiger partial charge on any atom is -0.333 e. The quantitative estimate of drug-likeness (QED) is 0.587. The van der Waals surface area contributed by atoms with E-state index in [0.717, 1.165) is 9.47 Å². The molecule has 13 heteroatoms. The minimum absolute atomic E-state index is 0.180. The van der Waals surface area contributed by atoms with E-state index in [4.69, 9.17) is 12.2 Å². The normalized spacial score (nSPS) is 20.3. The third-order valence-corrected chi connectivity index (χ3v) is 5.62. The van der Waals surface area contributed by atoms with E-state index in [9.17, 15) is 32.3 Å². The van der Waals surface area contributed by atoms with E-state index in [1.165, 1.54) is 12.1 Å². The van der Waals surface area contributed by atoms with E-state index in [-0.39, 0.29) is 29.3 Å². The third kappa shape index (κ3) is 3.28. The highest BCUT2D eigenvalue weighted by molar-refractivity contribution is 7.71. The van der Waals surface area contributed by atoms with Gasteiger partial charge in [0.15, 0.2) is 4.77 Å². The summed E-state index contributed by atoms with van der Waals surface area (Å²) < 4.78 is 43.9. The van der Waals surface area contributed by atoms with Crippen molar-refractivity contribution in [2.45, 2.75) is 24.6 Å². The molecule has 0 unspecified atom stereocenters. The topological polar surface area (TPSA) is 116 Å². The number of carbonyl (C=O) groups excluding carboxylic acids is 3. The van der Waals surface area contributed by atoms with Crippen molar-refractivity contribution >= 4 is 35.8 Å². The Balaban J connectivity index is 1.87. The number of H-pyrrole nitrogens is 1. The van der Waals surface area contributed by atoms with Crippen LogP contribution in [-0.4, -0.2) is 51.4 Å². The average Bonchev–Trinajstić information content (AvgIpc) is 3.23. The predicted octanol–water partition coefficient (Wildman–Crippen LogP) is 1.34. The molecule has 2 aliphatic heterocycles. The number of anilines is 1. The van der Waals surface area contributed by atoms with Crippen LogP contribution in [0.15, 0.2) is 35.1 Å². The summed E-state index contributed by atoms with van der Waals surface area (Å²) in [5.74, 6) is -3.76. The number of fused-ring (bicyclic) bond motifs is 1. The van der Waals surface area contributed by atoms with Gasteiger partial charge in [-0.2, -0.15) is 13.2 Å². The van der Waals surface area contributed by atoms with Gasteiger partial charge >= 0.3 is 6.18 Å². The number of nitrogens with one attached hydrogen (secondary N) is 3. The Kier molecular flexibility index (Phi) is 5.15. The highest BCUT2D eigenvalue weighted by Crippen LogP contribution is 2.45. The zero-order chi connectivity index (χ0) is 23.3. The van der Waals surface area contributed by atoms with Crippen LogP contribution < -0.4 is 16.2 Å². The van der Waals surface area contributed by atoms with Gasteiger partial charge in [0.05, 0.1) is 6.54 Å². The Bertz CT molecular complexity index is 1240. The number of aromatic amines is 1. The van der Waals surface area contributed by atoms with Crippen LogP contribution in [0.3, 0.4) is 0 Å². The zero-order valence-corrected chi connectivity index (χ0v) is 17.1. The van der Waals surface area contributed by atoms with Gasteiger partial charge in [-0.3, -0.25) is 28.7 Å². The first-order chi connectivity index (χ1) is 15.1. The van der Waals surface area contributed by atoms with Gasteiger partial charge in [-0.25, -0.2) is 0 Å². The van der Waals surface area contributed by atoms with Crippen LogP contribution in [0.2, 0.25) is 0 Å². The Labute approximate surface area is 183 Å². The number of rotatable bonds is 4. The van der Waals surface area contributed by atoms with Crippen LogP contribution in [0, 0.1) is 4.77 Å². The van der Waals surface area contributed by atoms with Crippen molar-refractivity contribution in [2.24, 2.45) is 0 Å². The molecule has 3 heterocycles. The van der Waals surface area contributed by atoms with E-state index in [1.54, 1.807) is 23.5 Å². The molecule has 3 amide bonds. The van der Waals surface area contributed by atoms with Crippen LogP contribution in [0.4, 0.5) is 19.0 Å². The number of hydrogen-bond acceptors (Lipinski definition) is 5. The molecule has 0 radical (unpaired) electrons. The van der Waals surface area contributed by atoms with Gasteiger partial charge in [-0.1, -0.05) is 18.2 Å². The van der Waals surface area contributed by atoms with Crippen molar-refractivity contribution in [3.63, 3.8) is 0 Å². The first-order valence-corrected chi connectivity index (χ1v) is 9.89. The van der Waals surface area contributed by atoms with Gasteiger partial charge < -0.3 is 15.5 Å². The van der Waals surface area contributed by atoms with E-state index >= 15 is 0 Å². The van der Waals surface area contributed by atoms with Gasteiger partial charge in [0, 0.05) is 18.7 Å². The van der Waals surface area contributed by atoms with Crippen molar-refractivity contribution in [1.82, 2.24) is 19.8 Å². The first kappa shape index (κ1) is 21.7. The van der Waals surface area contributed by atoms with Gasteiger partial charge in [-0.05, 0) is 30.8 Å². The Hall–Kier alpha value is -3.48. The van der Waals surface area contributed by atoms with Crippen molar-refractivity contribution in [3.05, 3.63) is 51.0 Å². The second kappa shape index (κ2) is 7.58.